The zero-order valence-corrected chi connectivity index (χ0v) is 16.2. The summed E-state index contributed by atoms with van der Waals surface area (Å²) in [4.78, 5) is 20.3. The van der Waals surface area contributed by atoms with E-state index in [1.807, 2.05) is 31.2 Å². The highest BCUT2D eigenvalue weighted by Gasteiger charge is 2.23. The van der Waals surface area contributed by atoms with Gasteiger partial charge in [-0.05, 0) is 49.2 Å². The second-order valence-electron chi connectivity index (χ2n) is 7.06. The largest absolute Gasteiger partial charge is 0.491 e. The van der Waals surface area contributed by atoms with E-state index in [2.05, 4.69) is 44.7 Å². The van der Waals surface area contributed by atoms with Crippen molar-refractivity contribution in [2.24, 2.45) is 0 Å². The topological polar surface area (TPSA) is 65.0 Å². The predicted octanol–water partition coefficient (Wildman–Crippen LogP) is 4.75. The van der Waals surface area contributed by atoms with Crippen LogP contribution in [0.5, 0.6) is 11.5 Å². The van der Waals surface area contributed by atoms with E-state index in [1.165, 1.54) is 18.1 Å². The van der Waals surface area contributed by atoms with Gasteiger partial charge in [-0.3, -0.25) is 0 Å². The van der Waals surface area contributed by atoms with E-state index in [-0.39, 0.29) is 17.1 Å². The fourth-order valence-electron chi connectivity index (χ4n) is 2.44. The van der Waals surface area contributed by atoms with Crippen molar-refractivity contribution in [1.82, 2.24) is 0 Å². The van der Waals surface area contributed by atoms with Crippen LogP contribution in [0.4, 0.5) is 0 Å². The molecule has 144 valence electrons. The first-order valence-electron chi connectivity index (χ1n) is 8.76. The summed E-state index contributed by atoms with van der Waals surface area (Å²) < 4.78 is 5.71. The van der Waals surface area contributed by atoms with Crippen LogP contribution in [0.1, 0.15) is 38.8 Å². The number of carboxylic acids is 1. The third kappa shape index (κ3) is 5.59. The maximum absolute atomic E-state index is 9.60. The first-order chi connectivity index (χ1) is 12.7. The van der Waals surface area contributed by atoms with Crippen molar-refractivity contribution >= 4 is 5.97 Å². The van der Waals surface area contributed by atoms with Crippen LogP contribution < -0.4 is 9.62 Å². The van der Waals surface area contributed by atoms with Gasteiger partial charge >= 0.3 is 5.97 Å². The highest BCUT2D eigenvalue weighted by atomic mass is 17.2. The van der Waals surface area contributed by atoms with Crippen molar-refractivity contribution in [3.05, 3.63) is 71.8 Å². The van der Waals surface area contributed by atoms with Gasteiger partial charge in [-0.2, -0.15) is 4.89 Å². The Morgan fingerprint density at radius 1 is 1.04 bits per heavy atom. The first-order valence-corrected chi connectivity index (χ1v) is 8.76. The molecule has 1 N–H and O–H groups in total. The Morgan fingerprint density at radius 2 is 1.48 bits per heavy atom. The second kappa shape index (κ2) is 8.73. The van der Waals surface area contributed by atoms with E-state index in [9.17, 15) is 4.79 Å². The van der Waals surface area contributed by atoms with Gasteiger partial charge in [0.25, 0.3) is 0 Å². The molecule has 1 unspecified atom stereocenters. The number of rotatable bonds is 1. The molecule has 4 bridgehead atoms. The van der Waals surface area contributed by atoms with Crippen LogP contribution in [0.25, 0.3) is 0 Å². The molecular weight excluding hydrogens is 344 g/mol. The fourth-order valence-corrected chi connectivity index (χ4v) is 2.44. The molecule has 0 saturated carbocycles. The highest BCUT2D eigenvalue weighted by molar-refractivity contribution is 5.84. The molecule has 0 saturated heterocycles. The van der Waals surface area contributed by atoms with Crippen LogP contribution in [-0.2, 0) is 15.1 Å². The maximum Gasteiger partial charge on any atom is 0.330 e. The lowest BCUT2D eigenvalue weighted by Gasteiger charge is -2.27. The van der Waals surface area contributed by atoms with Gasteiger partial charge in [0.05, 0.1) is 0 Å². The molecule has 27 heavy (non-hydrogen) atoms. The summed E-state index contributed by atoms with van der Waals surface area (Å²) in [6.45, 7) is 11.4. The summed E-state index contributed by atoms with van der Waals surface area (Å²) >= 11 is 0. The van der Waals surface area contributed by atoms with Crippen molar-refractivity contribution in [2.75, 3.05) is 6.61 Å². The lowest BCUT2D eigenvalue weighted by Crippen LogP contribution is -2.21. The summed E-state index contributed by atoms with van der Waals surface area (Å²) in [5, 5.41) is 7.89. The van der Waals surface area contributed by atoms with Crippen LogP contribution in [0.2, 0.25) is 0 Å². The minimum absolute atomic E-state index is 0.0741. The third-order valence-corrected chi connectivity index (χ3v) is 4.31. The average molecular weight is 370 g/mol. The van der Waals surface area contributed by atoms with Gasteiger partial charge in [-0.25, -0.2) is 4.79 Å². The van der Waals surface area contributed by atoms with Crippen molar-refractivity contribution in [3.63, 3.8) is 0 Å². The van der Waals surface area contributed by atoms with Crippen LogP contribution in [0, 0.1) is 0 Å². The van der Waals surface area contributed by atoms with Gasteiger partial charge in [0.1, 0.15) is 18.5 Å². The quantitative estimate of drug-likeness (QED) is 0.580. The Bertz CT molecular complexity index is 710. The Kier molecular flexibility index (Phi) is 6.64. The summed E-state index contributed by atoms with van der Waals surface area (Å²) in [5.41, 5.74) is 2.59. The molecule has 4 aliphatic heterocycles. The summed E-state index contributed by atoms with van der Waals surface area (Å²) in [5.74, 6) is 0.610. The number of hydrogen-bond acceptors (Lipinski definition) is 4. The SMILES string of the molecule is C=C(C)C(=O)O.CC1COc2ccc(cc2)C(C)(C)c2ccc(cc2)OO1. The molecule has 0 radical (unpaired) electrons. The molecule has 0 aliphatic carbocycles. The number of hydrogen-bond donors (Lipinski definition) is 1. The van der Waals surface area contributed by atoms with Gasteiger partial charge in [-0.1, -0.05) is 44.7 Å². The van der Waals surface area contributed by atoms with Gasteiger partial charge in [0.2, 0.25) is 0 Å². The number of carbonyl (C=O) groups is 1. The molecule has 5 heteroatoms. The molecule has 0 spiro atoms. The number of benzene rings is 2. The molecule has 4 heterocycles. The Hall–Kier alpha value is -2.79. The highest BCUT2D eigenvalue weighted by Crippen LogP contribution is 2.33. The molecule has 2 aromatic carbocycles. The van der Waals surface area contributed by atoms with E-state index >= 15 is 0 Å². The monoisotopic (exact) mass is 370 g/mol. The van der Waals surface area contributed by atoms with Crippen molar-refractivity contribution < 1.29 is 24.4 Å². The van der Waals surface area contributed by atoms with Crippen LogP contribution in [0.15, 0.2) is 60.7 Å². The number of aliphatic carboxylic acids is 1. The lowest BCUT2D eigenvalue weighted by atomic mass is 9.78. The van der Waals surface area contributed by atoms with Gasteiger partial charge < -0.3 is 14.7 Å². The van der Waals surface area contributed by atoms with Crippen LogP contribution in [0.3, 0.4) is 0 Å². The lowest BCUT2D eigenvalue weighted by molar-refractivity contribution is -0.245. The van der Waals surface area contributed by atoms with Crippen molar-refractivity contribution in [2.45, 2.75) is 39.2 Å². The van der Waals surface area contributed by atoms with E-state index in [0.717, 1.165) is 5.75 Å². The number of carboxylic acid groups (broad SMARTS) is 1. The predicted molar refractivity (Wildman–Crippen MR) is 104 cm³/mol. The summed E-state index contributed by atoms with van der Waals surface area (Å²) in [7, 11) is 0. The van der Waals surface area contributed by atoms with E-state index in [0.29, 0.717) is 12.4 Å². The minimum atomic E-state index is -0.935. The van der Waals surface area contributed by atoms with E-state index < -0.39 is 5.97 Å². The van der Waals surface area contributed by atoms with Crippen LogP contribution >= 0.6 is 0 Å². The maximum atomic E-state index is 9.60. The summed E-state index contributed by atoms with van der Waals surface area (Å²) in [6.07, 6.45) is -0.149. The normalized spacial score (nSPS) is 17.6. The fraction of sp³-hybridized carbons (Fsp3) is 0.318. The van der Waals surface area contributed by atoms with Crippen molar-refractivity contribution in [1.29, 1.82) is 0 Å². The van der Waals surface area contributed by atoms with Crippen molar-refractivity contribution in [3.8, 4) is 11.5 Å². The van der Waals surface area contributed by atoms with Gasteiger partial charge in [-0.15, -0.1) is 0 Å². The molecule has 1 atom stereocenters. The molecule has 2 aromatic rings. The van der Waals surface area contributed by atoms with Gasteiger partial charge in [0, 0.05) is 11.0 Å². The Labute approximate surface area is 160 Å². The van der Waals surface area contributed by atoms with E-state index in [4.69, 9.17) is 19.6 Å². The average Bonchev–Trinajstić information content (AvgIpc) is 2.65. The molecule has 0 fully saturated rings. The Morgan fingerprint density at radius 3 is 1.93 bits per heavy atom. The number of ether oxygens (including phenoxy) is 1. The molecule has 6 rings (SSSR count). The molecular formula is C22H26O5. The third-order valence-electron chi connectivity index (χ3n) is 4.31. The smallest absolute Gasteiger partial charge is 0.330 e. The molecule has 4 aliphatic rings. The molecule has 0 aromatic heterocycles. The van der Waals surface area contributed by atoms with Crippen LogP contribution in [-0.4, -0.2) is 23.8 Å². The first kappa shape index (κ1) is 20.5. The van der Waals surface area contributed by atoms with E-state index in [1.54, 1.807) is 0 Å². The second-order valence-corrected chi connectivity index (χ2v) is 7.06. The zero-order chi connectivity index (χ0) is 20.0. The summed E-state index contributed by atoms with van der Waals surface area (Å²) in [6, 6.07) is 16.3. The Balaban J connectivity index is 0.000000380. The molecule has 5 nitrogen and oxygen atoms in total. The zero-order valence-electron chi connectivity index (χ0n) is 16.2. The molecule has 0 amide bonds. The standard InChI is InChI=1S/C18H20O3.C4H6O2/c1-13-12-19-16-8-4-14(5-9-16)18(2,3)15-6-10-17(11-7-15)21-20-13;1-3(2)4(5)6/h4-11,13H,12H2,1-3H3;1H2,2H3,(H,5,6). The minimum Gasteiger partial charge on any atom is -0.491 e. The van der Waals surface area contributed by atoms with Gasteiger partial charge in [0.15, 0.2) is 5.75 Å².